The van der Waals surface area contributed by atoms with Crippen LogP contribution in [0.25, 0.3) is 0 Å². The maximum absolute atomic E-state index is 2.34. The zero-order chi connectivity index (χ0) is 13.3. The Hall–Kier alpha value is -1.78. The van der Waals surface area contributed by atoms with Gasteiger partial charge in [0.2, 0.25) is 0 Å². The van der Waals surface area contributed by atoms with Crippen molar-refractivity contribution in [2.45, 2.75) is 0 Å². The summed E-state index contributed by atoms with van der Waals surface area (Å²) in [5, 5.41) is 2.95. The Kier molecular flexibility index (Phi) is 5.47. The van der Waals surface area contributed by atoms with E-state index in [1.165, 1.54) is 10.6 Å². The highest BCUT2D eigenvalue weighted by atomic mass is 31.1. The minimum absolute atomic E-state index is 0.545. The first-order chi connectivity index (χ1) is 9.38. The summed E-state index contributed by atoms with van der Waals surface area (Å²) in [5.74, 6) is 0. The van der Waals surface area contributed by atoms with Crippen LogP contribution in [0, 0.1) is 0 Å². The quantitative estimate of drug-likeness (QED) is 0.487. The maximum atomic E-state index is 2.34. The van der Waals surface area contributed by atoms with Crippen molar-refractivity contribution in [2.24, 2.45) is 0 Å². The Bertz CT molecular complexity index is 484. The predicted octanol–water partition coefficient (Wildman–Crippen LogP) is 3.89. The standard InChI is InChI=1S/C13H13P.C5H5/c1-14(12-8-4-2-5-9-12)13-10-6-3-7-11-13;1-2-4-5-3-1/h2-11H,1H3;1-5H/q;-1/p+1. The smallest absolute Gasteiger partial charge is 0.0964 e. The summed E-state index contributed by atoms with van der Waals surface area (Å²) in [6, 6.07) is 31.5. The molecule has 0 saturated heterocycles. The molecule has 0 atom stereocenters. The molecular weight excluding hydrogens is 247 g/mol. The van der Waals surface area contributed by atoms with Gasteiger partial charge in [0.25, 0.3) is 0 Å². The highest BCUT2D eigenvalue weighted by Gasteiger charge is 2.14. The molecular formula is C18H19P. The first-order valence-electron chi connectivity index (χ1n) is 6.49. The average Bonchev–Trinajstić information content (AvgIpc) is 3.08. The van der Waals surface area contributed by atoms with E-state index in [9.17, 15) is 0 Å². The fourth-order valence-electron chi connectivity index (χ4n) is 1.86. The third-order valence-corrected chi connectivity index (χ3v) is 5.37. The van der Waals surface area contributed by atoms with Gasteiger partial charge in [-0.3, -0.25) is 0 Å². The van der Waals surface area contributed by atoms with Crippen LogP contribution < -0.4 is 10.6 Å². The van der Waals surface area contributed by atoms with Gasteiger partial charge in [-0.2, -0.15) is 18.2 Å². The molecule has 1 heteroatoms. The lowest BCUT2D eigenvalue weighted by molar-refractivity contribution is 1.75. The lowest BCUT2D eigenvalue weighted by atomic mass is 10.4. The van der Waals surface area contributed by atoms with Crippen molar-refractivity contribution in [2.75, 3.05) is 6.66 Å². The van der Waals surface area contributed by atoms with Gasteiger partial charge in [0.15, 0.2) is 0 Å². The molecule has 0 nitrogen and oxygen atoms in total. The van der Waals surface area contributed by atoms with Gasteiger partial charge in [-0.15, -0.1) is 0 Å². The molecule has 0 heterocycles. The molecule has 0 aromatic heterocycles. The van der Waals surface area contributed by atoms with E-state index in [1.54, 1.807) is 0 Å². The summed E-state index contributed by atoms with van der Waals surface area (Å²) < 4.78 is 0. The third-order valence-electron chi connectivity index (χ3n) is 2.97. The maximum Gasteiger partial charge on any atom is 0.0964 e. The fourth-order valence-corrected chi connectivity index (χ4v) is 3.58. The van der Waals surface area contributed by atoms with Gasteiger partial charge in [0, 0.05) is 0 Å². The van der Waals surface area contributed by atoms with Crippen LogP contribution in [0.1, 0.15) is 0 Å². The zero-order valence-electron chi connectivity index (χ0n) is 11.2. The summed E-state index contributed by atoms with van der Waals surface area (Å²) >= 11 is 0. The molecule has 0 aliphatic carbocycles. The van der Waals surface area contributed by atoms with Crippen molar-refractivity contribution in [1.29, 1.82) is 0 Å². The Morgan fingerprint density at radius 2 is 1.05 bits per heavy atom. The lowest BCUT2D eigenvalue weighted by Gasteiger charge is -2.03. The molecule has 0 amide bonds. The van der Waals surface area contributed by atoms with Gasteiger partial charge in [-0.25, -0.2) is 12.1 Å². The second-order valence-electron chi connectivity index (χ2n) is 4.32. The van der Waals surface area contributed by atoms with Crippen molar-refractivity contribution in [3.8, 4) is 0 Å². The van der Waals surface area contributed by atoms with E-state index in [4.69, 9.17) is 0 Å². The van der Waals surface area contributed by atoms with E-state index < -0.39 is 7.92 Å². The summed E-state index contributed by atoms with van der Waals surface area (Å²) in [6.45, 7) is 2.34. The molecule has 0 aliphatic rings. The summed E-state index contributed by atoms with van der Waals surface area (Å²) in [7, 11) is -0.545. The van der Waals surface area contributed by atoms with Crippen molar-refractivity contribution >= 4 is 18.5 Å². The molecule has 96 valence electrons. The van der Waals surface area contributed by atoms with E-state index in [0.717, 1.165) is 0 Å². The SMILES string of the molecule is C[PH+](c1ccccc1)c1ccccc1.c1cc[cH-]c1. The van der Waals surface area contributed by atoms with Gasteiger partial charge in [0.05, 0.1) is 25.2 Å². The Morgan fingerprint density at radius 3 is 1.37 bits per heavy atom. The van der Waals surface area contributed by atoms with E-state index >= 15 is 0 Å². The molecule has 0 aliphatic heterocycles. The van der Waals surface area contributed by atoms with E-state index in [0.29, 0.717) is 0 Å². The molecule has 0 radical (unpaired) electrons. The van der Waals surface area contributed by atoms with Crippen LogP contribution in [0.3, 0.4) is 0 Å². The van der Waals surface area contributed by atoms with Crippen LogP contribution in [0.15, 0.2) is 91.0 Å². The summed E-state index contributed by atoms with van der Waals surface area (Å²) in [4.78, 5) is 0. The van der Waals surface area contributed by atoms with Crippen LogP contribution in [0.4, 0.5) is 0 Å². The predicted molar refractivity (Wildman–Crippen MR) is 88.4 cm³/mol. The highest BCUT2D eigenvalue weighted by Crippen LogP contribution is 2.27. The monoisotopic (exact) mass is 266 g/mol. The first-order valence-corrected chi connectivity index (χ1v) is 8.49. The van der Waals surface area contributed by atoms with Crippen LogP contribution >= 0.6 is 7.92 Å². The summed E-state index contributed by atoms with van der Waals surface area (Å²) in [5.41, 5.74) is 0. The summed E-state index contributed by atoms with van der Waals surface area (Å²) in [6.07, 6.45) is 0. The third kappa shape index (κ3) is 4.43. The van der Waals surface area contributed by atoms with Crippen LogP contribution in [-0.2, 0) is 0 Å². The normalized spacial score (nSPS) is 9.79. The van der Waals surface area contributed by atoms with E-state index in [2.05, 4.69) is 67.3 Å². The molecule has 3 rings (SSSR count). The molecule has 19 heavy (non-hydrogen) atoms. The van der Waals surface area contributed by atoms with Gasteiger partial charge in [0.1, 0.15) is 0 Å². The van der Waals surface area contributed by atoms with Crippen LogP contribution in [-0.4, -0.2) is 6.66 Å². The van der Waals surface area contributed by atoms with E-state index in [-0.39, 0.29) is 0 Å². The number of hydrogen-bond acceptors (Lipinski definition) is 0. The molecule has 3 aromatic rings. The van der Waals surface area contributed by atoms with E-state index in [1.807, 2.05) is 30.3 Å². The van der Waals surface area contributed by atoms with Gasteiger partial charge in [-0.1, -0.05) is 36.4 Å². The lowest BCUT2D eigenvalue weighted by Crippen LogP contribution is -2.09. The minimum Gasteiger partial charge on any atom is -0.214 e. The van der Waals surface area contributed by atoms with Crippen LogP contribution in [0.2, 0.25) is 0 Å². The van der Waals surface area contributed by atoms with Gasteiger partial charge >= 0.3 is 0 Å². The van der Waals surface area contributed by atoms with Gasteiger partial charge < -0.3 is 0 Å². The molecule has 3 aromatic carbocycles. The molecule has 0 saturated carbocycles. The second-order valence-corrected chi connectivity index (χ2v) is 6.72. The molecule has 0 fully saturated rings. The largest absolute Gasteiger partial charge is 0.214 e. The topological polar surface area (TPSA) is 0 Å². The first kappa shape index (κ1) is 13.6. The highest BCUT2D eigenvalue weighted by molar-refractivity contribution is 7.72. The fraction of sp³-hybridized carbons (Fsp3) is 0.0556. The molecule has 0 unspecified atom stereocenters. The molecule has 0 bridgehead atoms. The molecule has 0 N–H and O–H groups in total. The Balaban J connectivity index is 0.000000224. The van der Waals surface area contributed by atoms with Crippen molar-refractivity contribution in [1.82, 2.24) is 0 Å². The molecule has 0 spiro atoms. The Labute approximate surface area is 116 Å². The zero-order valence-corrected chi connectivity index (χ0v) is 12.2. The van der Waals surface area contributed by atoms with Crippen molar-refractivity contribution in [3.05, 3.63) is 91.0 Å². The minimum atomic E-state index is -0.545. The average molecular weight is 266 g/mol. The number of hydrogen-bond donors (Lipinski definition) is 0. The second kappa shape index (κ2) is 7.61. The number of benzene rings is 2. The van der Waals surface area contributed by atoms with Crippen molar-refractivity contribution in [3.63, 3.8) is 0 Å². The van der Waals surface area contributed by atoms with Gasteiger partial charge in [-0.05, 0) is 24.3 Å². The van der Waals surface area contributed by atoms with Crippen molar-refractivity contribution < 1.29 is 0 Å². The van der Waals surface area contributed by atoms with Crippen LogP contribution in [0.5, 0.6) is 0 Å². The number of rotatable bonds is 2. The Morgan fingerprint density at radius 1 is 0.632 bits per heavy atom.